The number of anilines is 1. The Bertz CT molecular complexity index is 967. The number of aryl methyl sites for hydroxylation is 1. The number of cyclic esters (lactones) is 1. The summed E-state index contributed by atoms with van der Waals surface area (Å²) in [5.41, 5.74) is 2.79. The monoisotopic (exact) mass is 382 g/mol. The summed E-state index contributed by atoms with van der Waals surface area (Å²) in [4.78, 5) is 30.5. The molecule has 0 fully saturated rings. The molecule has 1 aromatic heterocycles. The Balaban J connectivity index is 1.65. The first-order chi connectivity index (χ1) is 12.9. The Hall–Kier alpha value is -2.66. The van der Waals surface area contributed by atoms with E-state index in [0.717, 1.165) is 35.3 Å². The van der Waals surface area contributed by atoms with Crippen LogP contribution in [0.15, 0.2) is 42.7 Å². The quantitative estimate of drug-likeness (QED) is 0.559. The van der Waals surface area contributed by atoms with Gasteiger partial charge in [0.25, 0.3) is 5.91 Å². The number of imide groups is 1. The number of aromatic nitrogens is 1. The van der Waals surface area contributed by atoms with Gasteiger partial charge in [0.1, 0.15) is 5.60 Å². The molecule has 0 atom stereocenters. The summed E-state index contributed by atoms with van der Waals surface area (Å²) in [6.45, 7) is 3.56. The Morgan fingerprint density at radius 3 is 2.81 bits per heavy atom. The SMILES string of the molecule is CC1(C)OC(=O)N2C(=O)C(=CCCCc3cccnc3)c3ccc(Cl)c1c32. The highest BCUT2D eigenvalue weighted by Gasteiger charge is 2.49. The number of hydrogen-bond acceptors (Lipinski definition) is 4. The third-order valence-electron chi connectivity index (χ3n) is 4.94. The average molecular weight is 383 g/mol. The van der Waals surface area contributed by atoms with E-state index in [1.165, 1.54) is 0 Å². The highest BCUT2D eigenvalue weighted by atomic mass is 35.5. The molecule has 1 aromatic carbocycles. The highest BCUT2D eigenvalue weighted by Crippen LogP contribution is 2.50. The first-order valence-corrected chi connectivity index (χ1v) is 9.28. The second-order valence-corrected chi connectivity index (χ2v) is 7.62. The van der Waals surface area contributed by atoms with Crippen molar-refractivity contribution in [2.24, 2.45) is 0 Å². The maximum Gasteiger partial charge on any atom is 0.422 e. The molecule has 0 N–H and O–H groups in total. The number of allylic oxidation sites excluding steroid dienone is 1. The smallest absolute Gasteiger partial charge is 0.422 e. The zero-order valence-electron chi connectivity index (χ0n) is 15.2. The lowest BCUT2D eigenvalue weighted by atomic mass is 9.91. The molecule has 0 spiro atoms. The minimum absolute atomic E-state index is 0.351. The maximum atomic E-state index is 12.9. The summed E-state index contributed by atoms with van der Waals surface area (Å²) in [7, 11) is 0. The van der Waals surface area contributed by atoms with Crippen molar-refractivity contribution in [2.75, 3.05) is 4.90 Å². The van der Waals surface area contributed by atoms with Crippen LogP contribution in [0.25, 0.3) is 5.57 Å². The predicted molar refractivity (Wildman–Crippen MR) is 104 cm³/mol. The maximum absolute atomic E-state index is 12.9. The van der Waals surface area contributed by atoms with Crippen LogP contribution >= 0.6 is 11.6 Å². The lowest BCUT2D eigenvalue weighted by Crippen LogP contribution is -2.44. The van der Waals surface area contributed by atoms with E-state index in [2.05, 4.69) is 4.98 Å². The first kappa shape index (κ1) is 17.7. The van der Waals surface area contributed by atoms with Crippen LogP contribution in [0.4, 0.5) is 10.5 Å². The third kappa shape index (κ3) is 2.92. The molecule has 2 aliphatic heterocycles. The molecule has 2 aromatic rings. The number of ether oxygens (including phenoxy) is 1. The largest absolute Gasteiger partial charge is 0.438 e. The van der Waals surface area contributed by atoms with E-state index in [4.69, 9.17) is 16.3 Å². The Morgan fingerprint density at radius 2 is 2.07 bits per heavy atom. The molecule has 2 amide bonds. The van der Waals surface area contributed by atoms with Crippen molar-refractivity contribution in [3.05, 3.63) is 64.4 Å². The number of halogens is 1. The van der Waals surface area contributed by atoms with Crippen molar-refractivity contribution in [3.8, 4) is 0 Å². The van der Waals surface area contributed by atoms with Gasteiger partial charge in [0.2, 0.25) is 0 Å². The van der Waals surface area contributed by atoms with Crippen molar-refractivity contribution >= 4 is 34.9 Å². The summed E-state index contributed by atoms with van der Waals surface area (Å²) < 4.78 is 5.47. The van der Waals surface area contributed by atoms with E-state index >= 15 is 0 Å². The standard InChI is InChI=1S/C21H19ClN2O3/c1-21(2)17-16(22)10-9-14-15(19(25)24(18(14)17)20(26)27-21)8-4-3-6-13-7-5-11-23-12-13/h5,7-12H,3-4,6H2,1-2H3. The van der Waals surface area contributed by atoms with Crippen molar-refractivity contribution in [1.82, 2.24) is 4.98 Å². The molecule has 0 saturated heterocycles. The minimum atomic E-state index is -0.883. The molecule has 0 saturated carbocycles. The number of rotatable bonds is 4. The van der Waals surface area contributed by atoms with Crippen LogP contribution in [-0.4, -0.2) is 17.0 Å². The van der Waals surface area contributed by atoms with Crippen LogP contribution in [0.1, 0.15) is 43.4 Å². The van der Waals surface area contributed by atoms with Crippen LogP contribution in [0.5, 0.6) is 0 Å². The van der Waals surface area contributed by atoms with Gasteiger partial charge in [-0.1, -0.05) is 29.8 Å². The second kappa shape index (κ2) is 6.50. The van der Waals surface area contributed by atoms with Gasteiger partial charge in [0, 0.05) is 34.1 Å². The van der Waals surface area contributed by atoms with Crippen LogP contribution < -0.4 is 4.90 Å². The summed E-state index contributed by atoms with van der Waals surface area (Å²) in [6, 6.07) is 7.51. The van der Waals surface area contributed by atoms with Crippen LogP contribution in [-0.2, 0) is 21.6 Å². The van der Waals surface area contributed by atoms with E-state index in [1.807, 2.05) is 24.4 Å². The number of pyridine rings is 1. The Labute approximate surface area is 162 Å². The molecule has 2 aliphatic rings. The molecule has 0 bridgehead atoms. The fourth-order valence-electron chi connectivity index (χ4n) is 3.71. The van der Waals surface area contributed by atoms with Gasteiger partial charge in [-0.3, -0.25) is 9.78 Å². The third-order valence-corrected chi connectivity index (χ3v) is 5.26. The number of carbonyl (C=O) groups excluding carboxylic acids is 2. The number of nitrogens with zero attached hydrogens (tertiary/aromatic N) is 2. The van der Waals surface area contributed by atoms with Crippen molar-refractivity contribution in [1.29, 1.82) is 0 Å². The van der Waals surface area contributed by atoms with E-state index in [1.54, 1.807) is 32.2 Å². The van der Waals surface area contributed by atoms with Gasteiger partial charge in [-0.15, -0.1) is 0 Å². The molecule has 4 rings (SSSR count). The molecular formula is C21H19ClN2O3. The van der Waals surface area contributed by atoms with E-state index in [-0.39, 0.29) is 5.91 Å². The van der Waals surface area contributed by atoms with Crippen molar-refractivity contribution in [3.63, 3.8) is 0 Å². The fourth-order valence-corrected chi connectivity index (χ4v) is 4.09. The average Bonchev–Trinajstić information content (AvgIpc) is 2.90. The molecule has 0 radical (unpaired) electrons. The van der Waals surface area contributed by atoms with Gasteiger partial charge in [0.15, 0.2) is 0 Å². The number of benzene rings is 1. The number of carbonyl (C=O) groups is 2. The lowest BCUT2D eigenvalue weighted by Gasteiger charge is -2.36. The number of hydrogen-bond donors (Lipinski definition) is 0. The topological polar surface area (TPSA) is 59.5 Å². The van der Waals surface area contributed by atoms with Crippen LogP contribution in [0.2, 0.25) is 5.02 Å². The predicted octanol–water partition coefficient (Wildman–Crippen LogP) is 4.87. The summed E-state index contributed by atoms with van der Waals surface area (Å²) >= 11 is 6.37. The zero-order chi connectivity index (χ0) is 19.2. The van der Waals surface area contributed by atoms with Gasteiger partial charge in [0.05, 0.1) is 5.69 Å². The molecule has 27 heavy (non-hydrogen) atoms. The Kier molecular flexibility index (Phi) is 4.27. The zero-order valence-corrected chi connectivity index (χ0v) is 15.9. The van der Waals surface area contributed by atoms with E-state index < -0.39 is 11.7 Å². The number of amides is 2. The second-order valence-electron chi connectivity index (χ2n) is 7.21. The van der Waals surface area contributed by atoms with Gasteiger partial charge in [-0.25, -0.2) is 9.69 Å². The molecule has 0 unspecified atom stereocenters. The van der Waals surface area contributed by atoms with E-state index in [0.29, 0.717) is 21.8 Å². The van der Waals surface area contributed by atoms with Crippen LogP contribution in [0, 0.1) is 0 Å². The van der Waals surface area contributed by atoms with Gasteiger partial charge >= 0.3 is 6.09 Å². The molecule has 5 nitrogen and oxygen atoms in total. The van der Waals surface area contributed by atoms with Gasteiger partial charge < -0.3 is 4.74 Å². The van der Waals surface area contributed by atoms with Crippen molar-refractivity contribution < 1.29 is 14.3 Å². The fraction of sp³-hybridized carbons (Fsp3) is 0.286. The molecular weight excluding hydrogens is 364 g/mol. The van der Waals surface area contributed by atoms with Gasteiger partial charge in [-0.05, 0) is 50.8 Å². The molecule has 3 heterocycles. The summed E-state index contributed by atoms with van der Waals surface area (Å²) in [5.74, 6) is -0.351. The lowest BCUT2D eigenvalue weighted by molar-refractivity contribution is -0.113. The minimum Gasteiger partial charge on any atom is -0.438 e. The number of unbranched alkanes of at least 4 members (excludes halogenated alkanes) is 1. The van der Waals surface area contributed by atoms with Crippen molar-refractivity contribution in [2.45, 2.75) is 38.7 Å². The van der Waals surface area contributed by atoms with Crippen LogP contribution in [0.3, 0.4) is 0 Å². The molecule has 138 valence electrons. The molecule has 6 heteroatoms. The van der Waals surface area contributed by atoms with Gasteiger partial charge in [-0.2, -0.15) is 0 Å². The highest BCUT2D eigenvalue weighted by molar-refractivity contribution is 6.41. The molecule has 0 aliphatic carbocycles. The first-order valence-electron chi connectivity index (χ1n) is 8.90. The summed E-state index contributed by atoms with van der Waals surface area (Å²) in [6.07, 6.45) is 7.33. The van der Waals surface area contributed by atoms with E-state index in [9.17, 15) is 9.59 Å². The Morgan fingerprint density at radius 1 is 1.26 bits per heavy atom. The normalized spacial score (nSPS) is 18.6. The summed E-state index contributed by atoms with van der Waals surface area (Å²) in [5, 5.41) is 0.488.